The van der Waals surface area contributed by atoms with Crippen LogP contribution in [-0.2, 0) is 11.2 Å². The van der Waals surface area contributed by atoms with E-state index in [0.29, 0.717) is 12.1 Å². The van der Waals surface area contributed by atoms with E-state index >= 15 is 0 Å². The summed E-state index contributed by atoms with van der Waals surface area (Å²) in [5.74, 6) is 0.769. The normalized spacial score (nSPS) is 10.2. The van der Waals surface area contributed by atoms with Crippen molar-refractivity contribution in [1.82, 2.24) is 4.98 Å². The Balaban J connectivity index is 1.82. The van der Waals surface area contributed by atoms with E-state index in [1.165, 1.54) is 5.56 Å². The summed E-state index contributed by atoms with van der Waals surface area (Å²) in [7, 11) is 0. The van der Waals surface area contributed by atoms with Gasteiger partial charge in [-0.2, -0.15) is 0 Å². The molecule has 0 radical (unpaired) electrons. The van der Waals surface area contributed by atoms with Gasteiger partial charge in [0.2, 0.25) is 5.91 Å². The Hall–Kier alpha value is -2.07. The van der Waals surface area contributed by atoms with E-state index in [9.17, 15) is 4.79 Å². The summed E-state index contributed by atoms with van der Waals surface area (Å²) in [6, 6.07) is 11.5. The van der Waals surface area contributed by atoms with Gasteiger partial charge in [0.25, 0.3) is 0 Å². The lowest BCUT2D eigenvalue weighted by Gasteiger charge is -2.07. The summed E-state index contributed by atoms with van der Waals surface area (Å²) < 4.78 is 0. The van der Waals surface area contributed by atoms with Crippen LogP contribution < -0.4 is 10.6 Å². The van der Waals surface area contributed by atoms with Crippen molar-refractivity contribution in [3.05, 3.63) is 53.2 Å². The topological polar surface area (TPSA) is 54.0 Å². The van der Waals surface area contributed by atoms with E-state index in [1.54, 1.807) is 6.20 Å². The Kier molecular flexibility index (Phi) is 5.58. The molecule has 0 atom stereocenters. The average Bonchev–Trinajstić information content (AvgIpc) is 2.49. The molecule has 0 spiro atoms. The molecule has 2 N–H and O–H groups in total. The van der Waals surface area contributed by atoms with Crippen LogP contribution in [0.4, 0.5) is 11.5 Å². The third-order valence-electron chi connectivity index (χ3n) is 2.98. The molecule has 5 heteroatoms. The summed E-state index contributed by atoms with van der Waals surface area (Å²) in [5.41, 5.74) is 1.89. The Morgan fingerprint density at radius 1 is 1.29 bits per heavy atom. The van der Waals surface area contributed by atoms with Crippen LogP contribution in [0, 0.1) is 0 Å². The molecule has 0 saturated carbocycles. The summed E-state index contributed by atoms with van der Waals surface area (Å²) in [4.78, 5) is 15.5. The van der Waals surface area contributed by atoms with Crippen molar-refractivity contribution in [1.29, 1.82) is 0 Å². The van der Waals surface area contributed by atoms with Crippen LogP contribution in [0.25, 0.3) is 0 Å². The van der Waals surface area contributed by atoms with Crippen LogP contribution in [-0.4, -0.2) is 17.4 Å². The second-order valence-corrected chi connectivity index (χ2v) is 5.08. The first kappa shape index (κ1) is 15.3. The highest BCUT2D eigenvalue weighted by atomic mass is 35.5. The summed E-state index contributed by atoms with van der Waals surface area (Å²) >= 11 is 5.94. The van der Waals surface area contributed by atoms with Gasteiger partial charge in [0, 0.05) is 18.0 Å². The molecule has 0 aliphatic rings. The van der Waals surface area contributed by atoms with Crippen molar-refractivity contribution in [2.45, 2.75) is 19.8 Å². The van der Waals surface area contributed by atoms with Crippen molar-refractivity contribution < 1.29 is 4.79 Å². The van der Waals surface area contributed by atoms with Gasteiger partial charge in [0.15, 0.2) is 0 Å². The van der Waals surface area contributed by atoms with E-state index in [1.807, 2.05) is 43.3 Å². The molecule has 2 aromatic rings. The minimum Gasteiger partial charge on any atom is -0.370 e. The first-order valence-corrected chi connectivity index (χ1v) is 7.29. The standard InChI is InChI=1S/C16H18ClN3O/c1-2-16(21)20-14-6-7-15(19-11-14)18-9-8-12-4-3-5-13(17)10-12/h3-7,10-11H,2,8-9H2,1H3,(H,18,19)(H,20,21). The number of hydrogen-bond donors (Lipinski definition) is 2. The number of carbonyl (C=O) groups excluding carboxylic acids is 1. The van der Waals surface area contributed by atoms with Gasteiger partial charge in [-0.3, -0.25) is 4.79 Å². The van der Waals surface area contributed by atoms with Crippen LogP contribution >= 0.6 is 11.6 Å². The Morgan fingerprint density at radius 3 is 2.81 bits per heavy atom. The van der Waals surface area contributed by atoms with Crippen LogP contribution in [0.5, 0.6) is 0 Å². The number of pyridine rings is 1. The fourth-order valence-corrected chi connectivity index (χ4v) is 2.06. The Morgan fingerprint density at radius 2 is 2.14 bits per heavy atom. The zero-order valence-electron chi connectivity index (χ0n) is 11.9. The number of aromatic nitrogens is 1. The van der Waals surface area contributed by atoms with Gasteiger partial charge >= 0.3 is 0 Å². The number of amides is 1. The van der Waals surface area contributed by atoms with Gasteiger partial charge in [0.05, 0.1) is 11.9 Å². The van der Waals surface area contributed by atoms with Crippen molar-refractivity contribution in [3.63, 3.8) is 0 Å². The number of carbonyl (C=O) groups is 1. The first-order valence-electron chi connectivity index (χ1n) is 6.91. The molecule has 1 aromatic heterocycles. The predicted molar refractivity (Wildman–Crippen MR) is 86.8 cm³/mol. The molecular formula is C16H18ClN3O. The summed E-state index contributed by atoms with van der Waals surface area (Å²) in [6.45, 7) is 2.59. The van der Waals surface area contributed by atoms with Gasteiger partial charge in [-0.15, -0.1) is 0 Å². The van der Waals surface area contributed by atoms with Gasteiger partial charge in [0.1, 0.15) is 5.82 Å². The highest BCUT2D eigenvalue weighted by Crippen LogP contribution is 2.12. The van der Waals surface area contributed by atoms with Crippen LogP contribution in [0.2, 0.25) is 5.02 Å². The fraction of sp³-hybridized carbons (Fsp3) is 0.250. The zero-order valence-corrected chi connectivity index (χ0v) is 12.7. The number of anilines is 2. The predicted octanol–water partition coefficient (Wildman–Crippen LogP) is 3.74. The number of hydrogen-bond acceptors (Lipinski definition) is 3. The maximum Gasteiger partial charge on any atom is 0.224 e. The third-order valence-corrected chi connectivity index (χ3v) is 3.21. The van der Waals surface area contributed by atoms with Crippen molar-refractivity contribution >= 4 is 29.0 Å². The van der Waals surface area contributed by atoms with E-state index < -0.39 is 0 Å². The van der Waals surface area contributed by atoms with E-state index in [4.69, 9.17) is 11.6 Å². The molecule has 1 amide bonds. The maximum absolute atomic E-state index is 11.3. The monoisotopic (exact) mass is 303 g/mol. The Bertz CT molecular complexity index is 599. The number of halogens is 1. The lowest BCUT2D eigenvalue weighted by atomic mass is 10.1. The van der Waals surface area contributed by atoms with Crippen molar-refractivity contribution in [2.75, 3.05) is 17.2 Å². The molecule has 2 rings (SSSR count). The number of benzene rings is 1. The maximum atomic E-state index is 11.3. The molecular weight excluding hydrogens is 286 g/mol. The van der Waals surface area contributed by atoms with Crippen LogP contribution in [0.15, 0.2) is 42.6 Å². The molecule has 0 aliphatic carbocycles. The second kappa shape index (κ2) is 7.64. The van der Waals surface area contributed by atoms with Crippen molar-refractivity contribution in [2.24, 2.45) is 0 Å². The zero-order chi connectivity index (χ0) is 15.1. The summed E-state index contributed by atoms with van der Waals surface area (Å²) in [5, 5.41) is 6.75. The van der Waals surface area contributed by atoms with Gasteiger partial charge in [-0.25, -0.2) is 4.98 Å². The molecule has 110 valence electrons. The van der Waals surface area contributed by atoms with Crippen LogP contribution in [0.3, 0.4) is 0 Å². The molecule has 21 heavy (non-hydrogen) atoms. The number of nitrogens with one attached hydrogen (secondary N) is 2. The smallest absolute Gasteiger partial charge is 0.224 e. The molecule has 4 nitrogen and oxygen atoms in total. The van der Waals surface area contributed by atoms with Crippen molar-refractivity contribution in [3.8, 4) is 0 Å². The molecule has 0 saturated heterocycles. The summed E-state index contributed by atoms with van der Waals surface area (Å²) in [6.07, 6.45) is 2.98. The molecule has 1 aromatic carbocycles. The molecule has 0 bridgehead atoms. The van der Waals surface area contributed by atoms with Crippen LogP contribution in [0.1, 0.15) is 18.9 Å². The molecule has 0 unspecified atom stereocenters. The molecule has 0 aliphatic heterocycles. The largest absolute Gasteiger partial charge is 0.370 e. The average molecular weight is 304 g/mol. The minimum atomic E-state index is -0.0153. The second-order valence-electron chi connectivity index (χ2n) is 4.64. The van der Waals surface area contributed by atoms with Gasteiger partial charge in [-0.05, 0) is 36.2 Å². The number of rotatable bonds is 6. The van der Waals surface area contributed by atoms with Gasteiger partial charge in [-0.1, -0.05) is 30.7 Å². The lowest BCUT2D eigenvalue weighted by molar-refractivity contribution is -0.115. The fourth-order valence-electron chi connectivity index (χ4n) is 1.85. The third kappa shape index (κ3) is 5.08. The quantitative estimate of drug-likeness (QED) is 0.855. The first-order chi connectivity index (χ1) is 10.2. The number of nitrogens with zero attached hydrogens (tertiary/aromatic N) is 1. The highest BCUT2D eigenvalue weighted by molar-refractivity contribution is 6.30. The lowest BCUT2D eigenvalue weighted by Crippen LogP contribution is -2.10. The highest BCUT2D eigenvalue weighted by Gasteiger charge is 2.00. The minimum absolute atomic E-state index is 0.0153. The van der Waals surface area contributed by atoms with Gasteiger partial charge < -0.3 is 10.6 Å². The SMILES string of the molecule is CCC(=O)Nc1ccc(NCCc2cccc(Cl)c2)nc1. The molecule has 1 heterocycles. The molecule has 0 fully saturated rings. The van der Waals surface area contributed by atoms with E-state index in [2.05, 4.69) is 15.6 Å². The Labute approximate surface area is 129 Å². The van der Waals surface area contributed by atoms with E-state index in [-0.39, 0.29) is 5.91 Å². The van der Waals surface area contributed by atoms with E-state index in [0.717, 1.165) is 23.8 Å².